The fraction of sp³-hybridized carbons (Fsp3) is 0.235. The Morgan fingerprint density at radius 3 is 2.65 bits per heavy atom. The van der Waals surface area contributed by atoms with Crippen LogP contribution in [0.4, 0.5) is 0 Å². The molecular weight excluding hydrogens is 352 g/mol. The van der Waals surface area contributed by atoms with Gasteiger partial charge in [0.2, 0.25) is 11.7 Å². The fourth-order valence-corrected chi connectivity index (χ4v) is 2.97. The highest BCUT2D eigenvalue weighted by Gasteiger charge is 2.14. The van der Waals surface area contributed by atoms with Gasteiger partial charge in [-0.15, -0.1) is 21.5 Å². The summed E-state index contributed by atoms with van der Waals surface area (Å²) in [7, 11) is 3.30. The maximum Gasteiger partial charge on any atom is 0.251 e. The van der Waals surface area contributed by atoms with Crippen LogP contribution in [-0.2, 0) is 17.9 Å². The number of rotatable bonds is 6. The lowest BCUT2D eigenvalue weighted by Gasteiger charge is -2.17. The summed E-state index contributed by atoms with van der Waals surface area (Å²) in [5, 5.41) is 16.6. The van der Waals surface area contributed by atoms with Crippen LogP contribution in [0.5, 0.6) is 0 Å². The van der Waals surface area contributed by atoms with Crippen molar-refractivity contribution in [1.29, 1.82) is 0 Å². The van der Waals surface area contributed by atoms with E-state index in [2.05, 4.69) is 20.7 Å². The Morgan fingerprint density at radius 1 is 1.23 bits per heavy atom. The van der Waals surface area contributed by atoms with Gasteiger partial charge in [0, 0.05) is 26.2 Å². The van der Waals surface area contributed by atoms with Crippen LogP contribution in [0, 0.1) is 0 Å². The van der Waals surface area contributed by atoms with E-state index in [-0.39, 0.29) is 18.4 Å². The zero-order valence-electron chi connectivity index (χ0n) is 14.4. The lowest BCUT2D eigenvalue weighted by Crippen LogP contribution is -2.30. The SMILES string of the molecule is CNC(=O)c1ccc(CN(C)C(=O)Cn2nnc(-c3cccs3)n2)cc1. The van der Waals surface area contributed by atoms with E-state index < -0.39 is 0 Å². The number of hydrogen-bond acceptors (Lipinski definition) is 6. The average Bonchev–Trinajstić information content (AvgIpc) is 3.33. The predicted octanol–water partition coefficient (Wildman–Crippen LogP) is 1.42. The van der Waals surface area contributed by atoms with Gasteiger partial charge in [0.1, 0.15) is 6.54 Å². The number of tetrazole rings is 1. The van der Waals surface area contributed by atoms with Gasteiger partial charge in [0.05, 0.1) is 4.88 Å². The first-order valence-electron chi connectivity index (χ1n) is 7.93. The zero-order chi connectivity index (χ0) is 18.5. The van der Waals surface area contributed by atoms with Crippen molar-refractivity contribution in [2.75, 3.05) is 14.1 Å². The van der Waals surface area contributed by atoms with Crippen molar-refractivity contribution >= 4 is 23.2 Å². The van der Waals surface area contributed by atoms with Crippen LogP contribution in [0.3, 0.4) is 0 Å². The molecule has 3 aromatic rings. The Kier molecular flexibility index (Phi) is 5.37. The van der Waals surface area contributed by atoms with Crippen molar-refractivity contribution in [2.24, 2.45) is 0 Å². The molecular formula is C17H18N6O2S. The molecule has 0 radical (unpaired) electrons. The highest BCUT2D eigenvalue weighted by Crippen LogP contribution is 2.19. The normalized spacial score (nSPS) is 10.5. The molecule has 1 aromatic carbocycles. The van der Waals surface area contributed by atoms with Crippen molar-refractivity contribution in [3.8, 4) is 10.7 Å². The third-order valence-electron chi connectivity index (χ3n) is 3.76. The number of nitrogens with zero attached hydrogens (tertiary/aromatic N) is 5. The summed E-state index contributed by atoms with van der Waals surface area (Å²) >= 11 is 1.52. The predicted molar refractivity (Wildman–Crippen MR) is 97.4 cm³/mol. The first-order valence-corrected chi connectivity index (χ1v) is 8.81. The molecule has 0 aliphatic rings. The number of carbonyl (C=O) groups excluding carboxylic acids is 2. The first kappa shape index (κ1) is 17.7. The minimum atomic E-state index is -0.139. The Labute approximate surface area is 154 Å². The second-order valence-electron chi connectivity index (χ2n) is 5.65. The first-order chi connectivity index (χ1) is 12.6. The molecule has 0 atom stereocenters. The van der Waals surface area contributed by atoms with Gasteiger partial charge in [-0.3, -0.25) is 9.59 Å². The minimum absolute atomic E-state index is 0.0190. The minimum Gasteiger partial charge on any atom is -0.355 e. The average molecular weight is 370 g/mol. The Hall–Kier alpha value is -3.07. The lowest BCUT2D eigenvalue weighted by molar-refractivity contribution is -0.131. The van der Waals surface area contributed by atoms with Crippen LogP contribution in [0.25, 0.3) is 10.7 Å². The van der Waals surface area contributed by atoms with Gasteiger partial charge < -0.3 is 10.2 Å². The van der Waals surface area contributed by atoms with Gasteiger partial charge in [0.15, 0.2) is 0 Å². The molecule has 2 amide bonds. The van der Waals surface area contributed by atoms with Crippen LogP contribution in [0.2, 0.25) is 0 Å². The summed E-state index contributed by atoms with van der Waals surface area (Å²) in [4.78, 5) is 27.7. The van der Waals surface area contributed by atoms with E-state index in [4.69, 9.17) is 0 Å². The van der Waals surface area contributed by atoms with Crippen LogP contribution in [0.15, 0.2) is 41.8 Å². The molecule has 134 valence electrons. The molecule has 0 aliphatic carbocycles. The lowest BCUT2D eigenvalue weighted by atomic mass is 10.1. The maximum atomic E-state index is 12.4. The number of benzene rings is 1. The summed E-state index contributed by atoms with van der Waals surface area (Å²) in [6.45, 7) is 0.449. The van der Waals surface area contributed by atoms with Crippen molar-refractivity contribution in [2.45, 2.75) is 13.1 Å². The molecule has 0 spiro atoms. The topological polar surface area (TPSA) is 93.0 Å². The molecule has 8 nitrogen and oxygen atoms in total. The largest absolute Gasteiger partial charge is 0.355 e. The van der Waals surface area contributed by atoms with E-state index in [1.807, 2.05) is 29.6 Å². The molecule has 26 heavy (non-hydrogen) atoms. The van der Waals surface area contributed by atoms with Crippen LogP contribution < -0.4 is 5.32 Å². The number of hydrogen-bond donors (Lipinski definition) is 1. The number of nitrogens with one attached hydrogen (secondary N) is 1. The van der Waals surface area contributed by atoms with Gasteiger partial charge in [-0.05, 0) is 34.4 Å². The number of aromatic nitrogens is 4. The molecule has 2 aromatic heterocycles. The molecule has 3 rings (SSSR count). The summed E-state index contributed by atoms with van der Waals surface area (Å²) < 4.78 is 0. The highest BCUT2D eigenvalue weighted by atomic mass is 32.1. The van der Waals surface area contributed by atoms with E-state index in [9.17, 15) is 9.59 Å². The van der Waals surface area contributed by atoms with Crippen molar-refractivity contribution in [3.05, 3.63) is 52.9 Å². The van der Waals surface area contributed by atoms with Gasteiger partial charge in [0.25, 0.3) is 5.91 Å². The van der Waals surface area contributed by atoms with E-state index in [1.165, 1.54) is 16.1 Å². The molecule has 0 saturated carbocycles. The standard InChI is InChI=1S/C17H18N6O2S/c1-18-17(25)13-7-5-12(6-8-13)10-22(2)15(24)11-23-20-16(19-21-23)14-4-3-9-26-14/h3-9H,10-11H2,1-2H3,(H,18,25). The summed E-state index contributed by atoms with van der Waals surface area (Å²) in [5.41, 5.74) is 1.51. The molecule has 1 N–H and O–H groups in total. The van der Waals surface area contributed by atoms with E-state index >= 15 is 0 Å². The number of amides is 2. The second-order valence-corrected chi connectivity index (χ2v) is 6.59. The van der Waals surface area contributed by atoms with Crippen LogP contribution >= 0.6 is 11.3 Å². The monoisotopic (exact) mass is 370 g/mol. The van der Waals surface area contributed by atoms with Crippen molar-refractivity contribution < 1.29 is 9.59 Å². The van der Waals surface area contributed by atoms with E-state index in [0.29, 0.717) is 17.9 Å². The van der Waals surface area contributed by atoms with Crippen LogP contribution in [-0.4, -0.2) is 51.0 Å². The number of carbonyl (C=O) groups is 2. The van der Waals surface area contributed by atoms with Gasteiger partial charge in [-0.2, -0.15) is 4.80 Å². The zero-order valence-corrected chi connectivity index (χ0v) is 15.2. The summed E-state index contributed by atoms with van der Waals surface area (Å²) in [6, 6.07) is 10.9. The third-order valence-corrected chi connectivity index (χ3v) is 4.63. The Bertz CT molecular complexity index is 888. The van der Waals surface area contributed by atoms with Gasteiger partial charge >= 0.3 is 0 Å². The Morgan fingerprint density at radius 2 is 2.00 bits per heavy atom. The van der Waals surface area contributed by atoms with E-state index in [0.717, 1.165) is 10.4 Å². The quantitative estimate of drug-likeness (QED) is 0.708. The molecule has 9 heteroatoms. The maximum absolute atomic E-state index is 12.4. The summed E-state index contributed by atoms with van der Waals surface area (Å²) in [6.07, 6.45) is 0. The van der Waals surface area contributed by atoms with Gasteiger partial charge in [-0.1, -0.05) is 18.2 Å². The smallest absolute Gasteiger partial charge is 0.251 e. The molecule has 0 unspecified atom stereocenters. The fourth-order valence-electron chi connectivity index (χ4n) is 2.32. The Balaban J connectivity index is 1.58. The van der Waals surface area contributed by atoms with E-state index in [1.54, 1.807) is 31.1 Å². The molecule has 2 heterocycles. The number of thiophene rings is 1. The van der Waals surface area contributed by atoms with Gasteiger partial charge in [-0.25, -0.2) is 0 Å². The van der Waals surface area contributed by atoms with Crippen molar-refractivity contribution in [3.63, 3.8) is 0 Å². The highest BCUT2D eigenvalue weighted by molar-refractivity contribution is 7.13. The molecule has 0 fully saturated rings. The second kappa shape index (κ2) is 7.87. The molecule has 0 bridgehead atoms. The summed E-state index contributed by atoms with van der Waals surface area (Å²) in [5.74, 6) is 0.246. The molecule has 0 saturated heterocycles. The van der Waals surface area contributed by atoms with Crippen molar-refractivity contribution in [1.82, 2.24) is 30.4 Å². The number of likely N-dealkylation sites (N-methyl/N-ethyl adjacent to an activating group) is 1. The van der Waals surface area contributed by atoms with Crippen LogP contribution in [0.1, 0.15) is 15.9 Å². The molecule has 0 aliphatic heterocycles. The third kappa shape index (κ3) is 4.12.